The Morgan fingerprint density at radius 3 is 2.58 bits per heavy atom. The summed E-state index contributed by atoms with van der Waals surface area (Å²) in [4.78, 5) is 14.5. The summed E-state index contributed by atoms with van der Waals surface area (Å²) in [7, 11) is 0. The molecule has 0 spiro atoms. The standard InChI is InChI=1S/C14H24N2OS2/c17-14(13-10-18-7-8-19-13)16-5-3-12(4-6-16)15-9-11-1-2-11/h11-13,15H,1-10H2. The number of likely N-dealkylation sites (tertiary alicyclic amines) is 1. The molecule has 3 fully saturated rings. The number of piperidine rings is 1. The minimum atomic E-state index is 0.231. The van der Waals surface area contributed by atoms with E-state index in [0.29, 0.717) is 11.9 Å². The summed E-state index contributed by atoms with van der Waals surface area (Å²) in [5.74, 6) is 4.72. The highest BCUT2D eigenvalue weighted by Crippen LogP contribution is 2.29. The molecule has 3 aliphatic rings. The molecule has 2 saturated heterocycles. The van der Waals surface area contributed by atoms with Crippen LogP contribution in [0.1, 0.15) is 25.7 Å². The number of hydrogen-bond acceptors (Lipinski definition) is 4. The maximum atomic E-state index is 12.4. The van der Waals surface area contributed by atoms with Crippen molar-refractivity contribution in [3.05, 3.63) is 0 Å². The number of hydrogen-bond donors (Lipinski definition) is 1. The predicted molar refractivity (Wildman–Crippen MR) is 83.9 cm³/mol. The van der Waals surface area contributed by atoms with Gasteiger partial charge in [0.25, 0.3) is 0 Å². The lowest BCUT2D eigenvalue weighted by atomic mass is 10.0. The fourth-order valence-corrected chi connectivity index (χ4v) is 5.42. The number of thioether (sulfide) groups is 2. The first-order valence-corrected chi connectivity index (χ1v) is 9.75. The van der Waals surface area contributed by atoms with Crippen LogP contribution in [-0.4, -0.2) is 59.0 Å². The molecule has 0 radical (unpaired) electrons. The van der Waals surface area contributed by atoms with Gasteiger partial charge in [0.2, 0.25) is 5.91 Å². The van der Waals surface area contributed by atoms with Crippen molar-refractivity contribution in [3.63, 3.8) is 0 Å². The zero-order chi connectivity index (χ0) is 13.1. The summed E-state index contributed by atoms with van der Waals surface area (Å²) in [6.07, 6.45) is 5.12. The third kappa shape index (κ3) is 4.05. The van der Waals surface area contributed by atoms with Crippen LogP contribution in [0.4, 0.5) is 0 Å². The molecule has 0 aromatic heterocycles. The molecule has 1 saturated carbocycles. The maximum Gasteiger partial charge on any atom is 0.236 e. The van der Waals surface area contributed by atoms with Gasteiger partial charge in [-0.1, -0.05) is 0 Å². The van der Waals surface area contributed by atoms with Gasteiger partial charge in [-0.3, -0.25) is 4.79 Å². The molecule has 2 aliphatic heterocycles. The normalized spacial score (nSPS) is 29.5. The van der Waals surface area contributed by atoms with Crippen molar-refractivity contribution < 1.29 is 4.79 Å². The molecule has 2 heterocycles. The van der Waals surface area contributed by atoms with Crippen LogP contribution in [0, 0.1) is 5.92 Å². The number of rotatable bonds is 4. The van der Waals surface area contributed by atoms with Gasteiger partial charge in [0.1, 0.15) is 0 Å². The molecule has 0 aromatic carbocycles. The fourth-order valence-electron chi connectivity index (χ4n) is 2.79. The average molecular weight is 300 g/mol. The van der Waals surface area contributed by atoms with Crippen LogP contribution in [-0.2, 0) is 4.79 Å². The largest absolute Gasteiger partial charge is 0.342 e. The van der Waals surface area contributed by atoms with E-state index < -0.39 is 0 Å². The Balaban J connectivity index is 1.39. The Hall–Kier alpha value is 0.130. The van der Waals surface area contributed by atoms with Crippen molar-refractivity contribution in [1.82, 2.24) is 10.2 Å². The van der Waals surface area contributed by atoms with E-state index in [1.54, 1.807) is 0 Å². The smallest absolute Gasteiger partial charge is 0.236 e. The zero-order valence-corrected chi connectivity index (χ0v) is 13.1. The monoisotopic (exact) mass is 300 g/mol. The highest BCUT2D eigenvalue weighted by molar-refractivity contribution is 8.07. The van der Waals surface area contributed by atoms with Gasteiger partial charge < -0.3 is 10.2 Å². The third-order valence-corrected chi connectivity index (χ3v) is 7.03. The van der Waals surface area contributed by atoms with E-state index in [1.807, 2.05) is 23.5 Å². The van der Waals surface area contributed by atoms with E-state index in [1.165, 1.54) is 25.1 Å². The van der Waals surface area contributed by atoms with Gasteiger partial charge >= 0.3 is 0 Å². The van der Waals surface area contributed by atoms with Crippen LogP contribution in [0.3, 0.4) is 0 Å². The first-order valence-electron chi connectivity index (χ1n) is 7.54. The summed E-state index contributed by atoms with van der Waals surface area (Å²) in [6, 6.07) is 0.651. The molecule has 5 heteroatoms. The molecular formula is C14H24N2OS2. The number of nitrogens with zero attached hydrogens (tertiary/aromatic N) is 1. The van der Waals surface area contributed by atoms with Gasteiger partial charge in [0.05, 0.1) is 5.25 Å². The van der Waals surface area contributed by atoms with Crippen molar-refractivity contribution in [2.24, 2.45) is 5.92 Å². The summed E-state index contributed by atoms with van der Waals surface area (Å²) in [6.45, 7) is 3.12. The molecule has 1 N–H and O–H groups in total. The molecule has 3 rings (SSSR count). The Bertz CT molecular complexity index is 309. The average Bonchev–Trinajstić information content (AvgIpc) is 3.30. The van der Waals surface area contributed by atoms with E-state index in [2.05, 4.69) is 10.2 Å². The molecule has 0 bridgehead atoms. The Morgan fingerprint density at radius 1 is 1.16 bits per heavy atom. The molecule has 1 atom stereocenters. The highest BCUT2D eigenvalue weighted by atomic mass is 32.2. The van der Waals surface area contributed by atoms with Crippen LogP contribution in [0.15, 0.2) is 0 Å². The van der Waals surface area contributed by atoms with Crippen molar-refractivity contribution in [3.8, 4) is 0 Å². The lowest BCUT2D eigenvalue weighted by molar-refractivity contribution is -0.131. The predicted octanol–water partition coefficient (Wildman–Crippen LogP) is 1.83. The molecule has 1 amide bonds. The Morgan fingerprint density at radius 2 is 1.95 bits per heavy atom. The quantitative estimate of drug-likeness (QED) is 0.858. The Labute approximate surface area is 124 Å². The van der Waals surface area contributed by atoms with Crippen LogP contribution >= 0.6 is 23.5 Å². The minimum Gasteiger partial charge on any atom is -0.342 e. The van der Waals surface area contributed by atoms with Crippen LogP contribution < -0.4 is 5.32 Å². The molecule has 19 heavy (non-hydrogen) atoms. The topological polar surface area (TPSA) is 32.3 Å². The van der Waals surface area contributed by atoms with Crippen molar-refractivity contribution in [1.29, 1.82) is 0 Å². The second-order valence-corrected chi connectivity index (χ2v) is 8.35. The van der Waals surface area contributed by atoms with Gasteiger partial charge in [0, 0.05) is 36.4 Å². The SMILES string of the molecule is O=C(C1CSCCS1)N1CCC(NCC2CC2)CC1. The fraction of sp³-hybridized carbons (Fsp3) is 0.929. The first kappa shape index (κ1) is 14.1. The van der Waals surface area contributed by atoms with E-state index in [9.17, 15) is 4.79 Å². The van der Waals surface area contributed by atoms with Gasteiger partial charge in [-0.15, -0.1) is 11.8 Å². The van der Waals surface area contributed by atoms with Crippen LogP contribution in [0.25, 0.3) is 0 Å². The summed E-state index contributed by atoms with van der Waals surface area (Å²) >= 11 is 3.79. The lowest BCUT2D eigenvalue weighted by Gasteiger charge is -2.35. The second kappa shape index (κ2) is 6.72. The van der Waals surface area contributed by atoms with Gasteiger partial charge in [-0.05, 0) is 38.1 Å². The van der Waals surface area contributed by atoms with Crippen molar-refractivity contribution in [2.75, 3.05) is 36.9 Å². The number of carbonyl (C=O) groups excluding carboxylic acids is 1. The van der Waals surface area contributed by atoms with E-state index in [4.69, 9.17) is 0 Å². The molecule has 3 nitrogen and oxygen atoms in total. The molecular weight excluding hydrogens is 276 g/mol. The minimum absolute atomic E-state index is 0.231. The third-order valence-electron chi connectivity index (χ3n) is 4.29. The Kier molecular flexibility index (Phi) is 4.98. The molecule has 1 aliphatic carbocycles. The second-order valence-electron chi connectivity index (χ2n) is 5.89. The first-order chi connectivity index (χ1) is 9.33. The number of amides is 1. The van der Waals surface area contributed by atoms with E-state index >= 15 is 0 Å². The summed E-state index contributed by atoms with van der Waals surface area (Å²) in [5.41, 5.74) is 0. The van der Waals surface area contributed by atoms with Crippen LogP contribution in [0.2, 0.25) is 0 Å². The number of nitrogens with one attached hydrogen (secondary N) is 1. The van der Waals surface area contributed by atoms with E-state index in [0.717, 1.165) is 43.4 Å². The lowest BCUT2D eigenvalue weighted by Crippen LogP contribution is -2.48. The zero-order valence-electron chi connectivity index (χ0n) is 11.5. The molecule has 0 aromatic rings. The van der Waals surface area contributed by atoms with Crippen molar-refractivity contribution >= 4 is 29.4 Å². The highest BCUT2D eigenvalue weighted by Gasteiger charge is 2.30. The number of carbonyl (C=O) groups is 1. The summed E-state index contributed by atoms with van der Waals surface area (Å²) in [5, 5.41) is 3.91. The van der Waals surface area contributed by atoms with Gasteiger partial charge in [-0.25, -0.2) is 0 Å². The molecule has 108 valence electrons. The van der Waals surface area contributed by atoms with Crippen molar-refractivity contribution in [2.45, 2.75) is 37.0 Å². The maximum absolute atomic E-state index is 12.4. The summed E-state index contributed by atoms with van der Waals surface area (Å²) < 4.78 is 0. The van der Waals surface area contributed by atoms with E-state index in [-0.39, 0.29) is 5.25 Å². The molecule has 1 unspecified atom stereocenters. The van der Waals surface area contributed by atoms with Gasteiger partial charge in [-0.2, -0.15) is 11.8 Å². The van der Waals surface area contributed by atoms with Gasteiger partial charge in [0.15, 0.2) is 0 Å². The van der Waals surface area contributed by atoms with Crippen LogP contribution in [0.5, 0.6) is 0 Å².